The zero-order chi connectivity index (χ0) is 54.7. The summed E-state index contributed by atoms with van der Waals surface area (Å²) in [5.41, 5.74) is 0. The van der Waals surface area contributed by atoms with Crippen molar-refractivity contribution in [3.05, 3.63) is 72.9 Å². The maximum atomic E-state index is 13.1. The molecule has 430 valence electrons. The molecular weight excluding hydrogens is 949 g/mol. The molecule has 0 aromatic heterocycles. The minimum absolute atomic E-state index is 0.0497. The first-order valence-electron chi connectivity index (χ1n) is 29.9. The summed E-state index contributed by atoms with van der Waals surface area (Å²) in [6.45, 7) is 5.79. The van der Waals surface area contributed by atoms with Gasteiger partial charge < -0.3 is 39.0 Å². The third kappa shape index (κ3) is 41.0. The normalized spacial score (nSPS) is 18.7. The van der Waals surface area contributed by atoms with Gasteiger partial charge >= 0.3 is 23.9 Å². The molecule has 75 heavy (non-hydrogen) atoms. The number of ether oxygens (including phenoxy) is 5. The summed E-state index contributed by atoms with van der Waals surface area (Å²) >= 11 is 0. The van der Waals surface area contributed by atoms with Crippen LogP contribution in [0.4, 0.5) is 0 Å². The molecule has 1 fully saturated rings. The molecule has 12 heteroatoms. The van der Waals surface area contributed by atoms with Gasteiger partial charge in [-0.1, -0.05) is 209 Å². The number of esters is 3. The van der Waals surface area contributed by atoms with Crippen molar-refractivity contribution in [1.29, 1.82) is 0 Å². The van der Waals surface area contributed by atoms with E-state index in [9.17, 15) is 34.5 Å². The molecule has 1 heterocycles. The number of carbonyl (C=O) groups excluding carboxylic acids is 3. The number of rotatable bonds is 50. The molecule has 1 rings (SSSR count). The van der Waals surface area contributed by atoms with Crippen molar-refractivity contribution >= 4 is 23.9 Å². The number of carboxylic acids is 1. The molecule has 0 radical (unpaired) electrons. The van der Waals surface area contributed by atoms with Gasteiger partial charge in [-0.15, -0.1) is 0 Å². The average Bonchev–Trinajstić information content (AvgIpc) is 3.39. The zero-order valence-electron chi connectivity index (χ0n) is 47.3. The van der Waals surface area contributed by atoms with Crippen LogP contribution in [-0.2, 0) is 42.9 Å². The molecule has 0 aliphatic carbocycles. The van der Waals surface area contributed by atoms with E-state index in [4.69, 9.17) is 23.7 Å². The van der Waals surface area contributed by atoms with E-state index < -0.39 is 67.3 Å². The maximum Gasteiger partial charge on any atom is 0.335 e. The highest BCUT2D eigenvalue weighted by atomic mass is 16.7. The third-order valence-corrected chi connectivity index (χ3v) is 13.3. The lowest BCUT2D eigenvalue weighted by Gasteiger charge is -2.40. The summed E-state index contributed by atoms with van der Waals surface area (Å²) in [6, 6.07) is 0. The summed E-state index contributed by atoms with van der Waals surface area (Å²) in [5.74, 6) is -3.24. The topological polar surface area (TPSA) is 175 Å². The van der Waals surface area contributed by atoms with Gasteiger partial charge in [0.2, 0.25) is 0 Å². The number of carboxylic acid groups (broad SMARTS) is 1. The van der Waals surface area contributed by atoms with Crippen molar-refractivity contribution in [3.8, 4) is 0 Å². The summed E-state index contributed by atoms with van der Waals surface area (Å²) < 4.78 is 28.3. The Kier molecular flexibility index (Phi) is 47.0. The second kappa shape index (κ2) is 50.9. The van der Waals surface area contributed by atoms with E-state index in [-0.39, 0.29) is 25.9 Å². The summed E-state index contributed by atoms with van der Waals surface area (Å²) in [7, 11) is 0. The molecule has 3 N–H and O–H groups in total. The van der Waals surface area contributed by atoms with Crippen LogP contribution in [0.15, 0.2) is 72.9 Å². The first-order valence-corrected chi connectivity index (χ1v) is 29.9. The number of hydrogen-bond donors (Lipinski definition) is 3. The van der Waals surface area contributed by atoms with E-state index in [1.54, 1.807) is 0 Å². The van der Waals surface area contributed by atoms with Crippen LogP contribution in [0, 0.1) is 0 Å². The fraction of sp³-hybridized carbons (Fsp3) is 0.746. The zero-order valence-corrected chi connectivity index (χ0v) is 47.3. The van der Waals surface area contributed by atoms with Crippen molar-refractivity contribution < 1.29 is 58.2 Å². The van der Waals surface area contributed by atoms with Gasteiger partial charge in [-0.3, -0.25) is 14.4 Å². The summed E-state index contributed by atoms with van der Waals surface area (Å²) in [5, 5.41) is 31.5. The molecule has 1 saturated heterocycles. The summed E-state index contributed by atoms with van der Waals surface area (Å²) in [6.07, 6.45) is 51.8. The van der Waals surface area contributed by atoms with E-state index >= 15 is 0 Å². The Bertz CT molecular complexity index is 1580. The van der Waals surface area contributed by atoms with Crippen molar-refractivity contribution in [3.63, 3.8) is 0 Å². The lowest BCUT2D eigenvalue weighted by molar-refractivity contribution is -0.301. The van der Waals surface area contributed by atoms with Gasteiger partial charge in [0.05, 0.1) is 6.61 Å². The molecule has 1 aliphatic rings. The lowest BCUT2D eigenvalue weighted by atomic mass is 9.98. The first-order chi connectivity index (χ1) is 36.6. The Hall–Kier alpha value is -3.84. The molecule has 0 amide bonds. The van der Waals surface area contributed by atoms with Crippen molar-refractivity contribution in [2.24, 2.45) is 0 Å². The van der Waals surface area contributed by atoms with Gasteiger partial charge in [0.1, 0.15) is 18.8 Å². The van der Waals surface area contributed by atoms with Crippen LogP contribution in [0.25, 0.3) is 0 Å². The van der Waals surface area contributed by atoms with Crippen LogP contribution in [-0.4, -0.2) is 89.2 Å². The molecule has 6 unspecified atom stereocenters. The highest BCUT2D eigenvalue weighted by molar-refractivity contribution is 5.74. The SMILES string of the molecule is CC/C=C\C/C=C\C/C=C\C/C=C\CCC(=O)OCC(COC1OC(C(=O)O)C(O)C(O)C1OC(=O)CCCCCCCCCCC/C=C\CCCCCCCC)OC(=O)CCCCCCC/C=C\CCCCCC. The fourth-order valence-electron chi connectivity index (χ4n) is 8.66. The van der Waals surface area contributed by atoms with Crippen molar-refractivity contribution in [2.45, 2.75) is 289 Å². The van der Waals surface area contributed by atoms with Crippen LogP contribution in [0.5, 0.6) is 0 Å². The molecule has 0 aromatic carbocycles. The Morgan fingerprint density at radius 2 is 0.867 bits per heavy atom. The van der Waals surface area contributed by atoms with E-state index in [0.29, 0.717) is 19.3 Å². The molecule has 0 spiro atoms. The number of allylic oxidation sites excluding steroid dienone is 12. The van der Waals surface area contributed by atoms with Crippen LogP contribution >= 0.6 is 0 Å². The molecule has 0 bridgehead atoms. The van der Waals surface area contributed by atoms with Gasteiger partial charge in [-0.05, 0) is 96.3 Å². The predicted molar refractivity (Wildman–Crippen MR) is 303 cm³/mol. The third-order valence-electron chi connectivity index (χ3n) is 13.3. The quantitative estimate of drug-likeness (QED) is 0.0228. The molecule has 0 aromatic rings. The number of aliphatic carboxylic acids is 1. The van der Waals surface area contributed by atoms with Gasteiger partial charge in [0.15, 0.2) is 24.6 Å². The number of aliphatic hydroxyl groups excluding tert-OH is 2. The highest BCUT2D eigenvalue weighted by Crippen LogP contribution is 2.26. The second-order valence-corrected chi connectivity index (χ2v) is 20.2. The van der Waals surface area contributed by atoms with Crippen LogP contribution in [0.3, 0.4) is 0 Å². The van der Waals surface area contributed by atoms with Crippen molar-refractivity contribution in [1.82, 2.24) is 0 Å². The first kappa shape index (κ1) is 69.2. The van der Waals surface area contributed by atoms with Crippen LogP contribution < -0.4 is 0 Å². The number of aliphatic hydroxyl groups is 2. The Labute approximate surface area is 455 Å². The molecular formula is C63H106O12. The van der Waals surface area contributed by atoms with Crippen molar-refractivity contribution in [2.75, 3.05) is 13.2 Å². The van der Waals surface area contributed by atoms with E-state index in [2.05, 4.69) is 81.5 Å². The minimum Gasteiger partial charge on any atom is -0.479 e. The standard InChI is InChI=1S/C63H106O12/c1-4-7-10-13-16-19-22-25-26-27-28-29-30-33-36-39-42-45-48-51-57(66)74-61-59(68)58(67)60(62(69)70)75-63(61)72-53-54(73-56(65)50-47-44-41-38-35-32-24-21-18-15-12-9-6-3)52-71-55(64)49-46-43-40-37-34-31-23-20-17-14-11-8-5-2/h8,11,17,20-21,24-26,31,34,40,43,54,58-61,63,67-68H,4-7,9-10,12-16,18-19,22-23,27-30,32-33,35-39,41-42,44-53H2,1-3H3,(H,69,70)/b11-8-,20-17-,24-21-,26-25-,34-31-,43-40-. The fourth-order valence-corrected chi connectivity index (χ4v) is 8.66. The maximum absolute atomic E-state index is 13.1. The number of hydrogen-bond acceptors (Lipinski definition) is 11. The molecule has 6 atom stereocenters. The van der Waals surface area contributed by atoms with Crippen LogP contribution in [0.2, 0.25) is 0 Å². The predicted octanol–water partition coefficient (Wildman–Crippen LogP) is 15.3. The van der Waals surface area contributed by atoms with Gasteiger partial charge in [0, 0.05) is 19.3 Å². The monoisotopic (exact) mass is 1050 g/mol. The number of carbonyl (C=O) groups is 4. The average molecular weight is 1060 g/mol. The number of unbranched alkanes of at least 4 members (excludes halogenated alkanes) is 24. The molecule has 1 aliphatic heterocycles. The Morgan fingerprint density at radius 1 is 0.453 bits per heavy atom. The highest BCUT2D eigenvalue weighted by Gasteiger charge is 2.50. The minimum atomic E-state index is -1.91. The van der Waals surface area contributed by atoms with E-state index in [1.807, 2.05) is 12.2 Å². The van der Waals surface area contributed by atoms with Gasteiger partial charge in [-0.2, -0.15) is 0 Å². The van der Waals surface area contributed by atoms with Crippen LogP contribution in [0.1, 0.15) is 252 Å². The molecule has 0 saturated carbocycles. The van der Waals surface area contributed by atoms with Gasteiger partial charge in [0.25, 0.3) is 0 Å². The largest absolute Gasteiger partial charge is 0.479 e. The van der Waals surface area contributed by atoms with E-state index in [0.717, 1.165) is 96.3 Å². The smallest absolute Gasteiger partial charge is 0.335 e. The van der Waals surface area contributed by atoms with Gasteiger partial charge in [-0.25, -0.2) is 4.79 Å². The molecule has 12 nitrogen and oxygen atoms in total. The summed E-state index contributed by atoms with van der Waals surface area (Å²) in [4.78, 5) is 51.0. The second-order valence-electron chi connectivity index (χ2n) is 20.2. The Balaban J connectivity index is 2.69. The lowest BCUT2D eigenvalue weighted by Crippen LogP contribution is -2.61. The Morgan fingerprint density at radius 3 is 1.35 bits per heavy atom. The van der Waals surface area contributed by atoms with E-state index in [1.165, 1.54) is 96.3 Å².